The second-order valence-corrected chi connectivity index (χ2v) is 5.38. The van der Waals surface area contributed by atoms with Gasteiger partial charge in [0.05, 0.1) is 6.10 Å². The summed E-state index contributed by atoms with van der Waals surface area (Å²) in [7, 11) is 0. The molecule has 0 unspecified atom stereocenters. The molecule has 0 spiro atoms. The number of ether oxygens (including phenoxy) is 1. The molecule has 0 aliphatic rings. The van der Waals surface area contributed by atoms with Crippen LogP contribution >= 0.6 is 0 Å². The van der Waals surface area contributed by atoms with Crippen LogP contribution in [0.25, 0.3) is 0 Å². The van der Waals surface area contributed by atoms with Crippen molar-refractivity contribution in [3.8, 4) is 5.75 Å². The third-order valence-electron chi connectivity index (χ3n) is 3.03. The van der Waals surface area contributed by atoms with Gasteiger partial charge in [0, 0.05) is 12.6 Å². The lowest BCUT2D eigenvalue weighted by molar-refractivity contribution is 0.192. The topological polar surface area (TPSA) is 21.3 Å². The van der Waals surface area contributed by atoms with Gasteiger partial charge in [0.25, 0.3) is 0 Å². The Morgan fingerprint density at radius 3 is 2.42 bits per heavy atom. The van der Waals surface area contributed by atoms with E-state index in [9.17, 15) is 4.39 Å². The number of hydrogen-bond donors (Lipinski definition) is 1. The smallest absolute Gasteiger partial charge is 0.127 e. The van der Waals surface area contributed by atoms with Gasteiger partial charge in [-0.25, -0.2) is 4.39 Å². The Morgan fingerprint density at radius 1 is 1.16 bits per heavy atom. The van der Waals surface area contributed by atoms with Crippen LogP contribution in [-0.2, 0) is 6.54 Å². The Bertz CT molecular complexity index is 375. The van der Waals surface area contributed by atoms with E-state index in [0.29, 0.717) is 18.2 Å². The molecule has 0 radical (unpaired) electrons. The molecule has 0 saturated heterocycles. The maximum Gasteiger partial charge on any atom is 0.127 e. The van der Waals surface area contributed by atoms with Gasteiger partial charge in [-0.15, -0.1) is 0 Å². The summed E-state index contributed by atoms with van der Waals surface area (Å²) in [6.45, 7) is 10.1. The first-order valence-electron chi connectivity index (χ1n) is 7.22. The van der Waals surface area contributed by atoms with Crippen LogP contribution in [0.1, 0.15) is 46.1 Å². The first kappa shape index (κ1) is 16.0. The van der Waals surface area contributed by atoms with E-state index in [1.807, 2.05) is 6.07 Å². The molecule has 1 aromatic carbocycles. The summed E-state index contributed by atoms with van der Waals surface area (Å²) in [6, 6.07) is 4.95. The largest absolute Gasteiger partial charge is 0.490 e. The number of rotatable bonds is 8. The van der Waals surface area contributed by atoms with Crippen LogP contribution in [0.15, 0.2) is 18.2 Å². The molecule has 0 aliphatic carbocycles. The average Bonchev–Trinajstić information content (AvgIpc) is 2.35. The van der Waals surface area contributed by atoms with Gasteiger partial charge in [-0.05, 0) is 43.0 Å². The Kier molecular flexibility index (Phi) is 6.85. The minimum atomic E-state index is -0.232. The molecule has 3 heteroatoms. The molecule has 0 saturated carbocycles. The van der Waals surface area contributed by atoms with Crippen molar-refractivity contribution in [2.45, 2.75) is 53.2 Å². The van der Waals surface area contributed by atoms with E-state index >= 15 is 0 Å². The highest BCUT2D eigenvalue weighted by molar-refractivity contribution is 5.29. The summed E-state index contributed by atoms with van der Waals surface area (Å²) in [5.74, 6) is 0.994. The van der Waals surface area contributed by atoms with E-state index < -0.39 is 0 Å². The minimum absolute atomic E-state index is 0.165. The Labute approximate surface area is 116 Å². The molecule has 1 aromatic rings. The fourth-order valence-corrected chi connectivity index (χ4v) is 1.94. The van der Waals surface area contributed by atoms with Gasteiger partial charge in [-0.3, -0.25) is 0 Å². The van der Waals surface area contributed by atoms with Gasteiger partial charge >= 0.3 is 0 Å². The third-order valence-corrected chi connectivity index (χ3v) is 3.03. The molecule has 0 heterocycles. The fraction of sp³-hybridized carbons (Fsp3) is 0.625. The zero-order chi connectivity index (χ0) is 14.3. The average molecular weight is 267 g/mol. The quantitative estimate of drug-likeness (QED) is 0.764. The lowest BCUT2D eigenvalue weighted by Gasteiger charge is -2.16. The summed E-state index contributed by atoms with van der Waals surface area (Å²) in [5.41, 5.74) is 0.932. The summed E-state index contributed by atoms with van der Waals surface area (Å²) in [6.07, 6.45) is 2.04. The first-order chi connectivity index (χ1) is 9.05. The lowest BCUT2D eigenvalue weighted by Crippen LogP contribution is -2.19. The number of benzene rings is 1. The van der Waals surface area contributed by atoms with E-state index in [1.165, 1.54) is 6.07 Å². The predicted molar refractivity (Wildman–Crippen MR) is 77.9 cm³/mol. The van der Waals surface area contributed by atoms with Crippen molar-refractivity contribution in [3.63, 3.8) is 0 Å². The van der Waals surface area contributed by atoms with Gasteiger partial charge in [-0.2, -0.15) is 0 Å². The molecule has 19 heavy (non-hydrogen) atoms. The zero-order valence-corrected chi connectivity index (χ0v) is 12.5. The highest BCUT2D eigenvalue weighted by atomic mass is 19.1. The Balaban J connectivity index is 2.65. The highest BCUT2D eigenvalue weighted by Crippen LogP contribution is 2.19. The first-order valence-corrected chi connectivity index (χ1v) is 7.22. The molecular weight excluding hydrogens is 241 g/mol. The number of hydrogen-bond acceptors (Lipinski definition) is 2. The predicted octanol–water partition coefficient (Wildman–Crippen LogP) is 4.14. The molecule has 2 nitrogen and oxygen atoms in total. The summed E-state index contributed by atoms with van der Waals surface area (Å²) >= 11 is 0. The fourth-order valence-electron chi connectivity index (χ4n) is 1.94. The maximum absolute atomic E-state index is 13.6. The van der Waals surface area contributed by atoms with Crippen LogP contribution in [0.5, 0.6) is 5.75 Å². The van der Waals surface area contributed by atoms with Gasteiger partial charge in [0.2, 0.25) is 0 Å². The molecule has 0 aliphatic heterocycles. The van der Waals surface area contributed by atoms with Crippen molar-refractivity contribution in [1.29, 1.82) is 0 Å². The van der Waals surface area contributed by atoms with Crippen molar-refractivity contribution in [2.24, 2.45) is 5.92 Å². The minimum Gasteiger partial charge on any atom is -0.490 e. The molecule has 108 valence electrons. The van der Waals surface area contributed by atoms with E-state index in [1.54, 1.807) is 6.07 Å². The van der Waals surface area contributed by atoms with Crippen LogP contribution in [0.3, 0.4) is 0 Å². The van der Waals surface area contributed by atoms with Gasteiger partial charge in [0.1, 0.15) is 11.6 Å². The van der Waals surface area contributed by atoms with Crippen LogP contribution in [-0.4, -0.2) is 12.6 Å². The molecule has 0 atom stereocenters. The molecule has 0 fully saturated rings. The van der Waals surface area contributed by atoms with E-state index in [4.69, 9.17) is 4.74 Å². The normalized spacial score (nSPS) is 11.3. The molecule has 0 aromatic heterocycles. The van der Waals surface area contributed by atoms with E-state index in [2.05, 4.69) is 33.0 Å². The van der Waals surface area contributed by atoms with Crippen molar-refractivity contribution in [2.75, 3.05) is 6.54 Å². The van der Waals surface area contributed by atoms with Crippen molar-refractivity contribution >= 4 is 0 Å². The van der Waals surface area contributed by atoms with Crippen LogP contribution in [0.4, 0.5) is 4.39 Å². The number of halogens is 1. The van der Waals surface area contributed by atoms with Crippen LogP contribution in [0.2, 0.25) is 0 Å². The standard InChI is InChI=1S/C16H26FNO/c1-5-15(6-2)19-16-8-13(7-14(17)9-16)11-18-10-12(3)4/h7-9,12,15,18H,5-6,10-11H2,1-4H3. The SMILES string of the molecule is CCC(CC)Oc1cc(F)cc(CNCC(C)C)c1. The van der Waals surface area contributed by atoms with Crippen molar-refractivity contribution in [3.05, 3.63) is 29.6 Å². The Morgan fingerprint density at radius 2 is 1.84 bits per heavy atom. The van der Waals surface area contributed by atoms with Gasteiger partial charge < -0.3 is 10.1 Å². The highest BCUT2D eigenvalue weighted by Gasteiger charge is 2.08. The Hall–Kier alpha value is -1.09. The van der Waals surface area contributed by atoms with E-state index in [-0.39, 0.29) is 11.9 Å². The van der Waals surface area contributed by atoms with Crippen LogP contribution < -0.4 is 10.1 Å². The third kappa shape index (κ3) is 6.06. The summed E-state index contributed by atoms with van der Waals surface area (Å²) in [5, 5.41) is 3.31. The summed E-state index contributed by atoms with van der Waals surface area (Å²) in [4.78, 5) is 0. The van der Waals surface area contributed by atoms with Gasteiger partial charge in [-0.1, -0.05) is 27.7 Å². The summed E-state index contributed by atoms with van der Waals surface area (Å²) < 4.78 is 19.4. The lowest BCUT2D eigenvalue weighted by atomic mass is 10.1. The number of nitrogens with one attached hydrogen (secondary N) is 1. The molecule has 1 rings (SSSR count). The molecule has 0 bridgehead atoms. The maximum atomic E-state index is 13.6. The van der Waals surface area contributed by atoms with Crippen molar-refractivity contribution < 1.29 is 9.13 Å². The van der Waals surface area contributed by atoms with E-state index in [0.717, 1.165) is 24.9 Å². The second-order valence-electron chi connectivity index (χ2n) is 5.38. The zero-order valence-electron chi connectivity index (χ0n) is 12.5. The molecule has 0 amide bonds. The van der Waals surface area contributed by atoms with Crippen molar-refractivity contribution in [1.82, 2.24) is 5.32 Å². The monoisotopic (exact) mass is 267 g/mol. The van der Waals surface area contributed by atoms with Crippen LogP contribution in [0, 0.1) is 11.7 Å². The molecule has 1 N–H and O–H groups in total. The molecular formula is C16H26FNO. The second kappa shape index (κ2) is 8.16. The van der Waals surface area contributed by atoms with Gasteiger partial charge in [0.15, 0.2) is 0 Å².